The minimum Gasteiger partial charge on any atom is -0.338 e. The molecule has 0 aromatic carbocycles. The molecule has 2 aromatic heterocycles. The fourth-order valence-corrected chi connectivity index (χ4v) is 3.15. The predicted molar refractivity (Wildman–Crippen MR) is 78.6 cm³/mol. The third kappa shape index (κ3) is 3.19. The Morgan fingerprint density at radius 1 is 1.50 bits per heavy atom. The Bertz CT molecular complexity index is 564. The Morgan fingerprint density at radius 2 is 2.45 bits per heavy atom. The van der Waals surface area contributed by atoms with Gasteiger partial charge in [0.05, 0.1) is 0 Å². The molecule has 2 N–H and O–H groups in total. The molecular weight excluding hydrogens is 272 g/mol. The highest BCUT2D eigenvalue weighted by atomic mass is 32.1. The Balaban J connectivity index is 1.40. The molecule has 1 aliphatic rings. The summed E-state index contributed by atoms with van der Waals surface area (Å²) in [7, 11) is 0. The van der Waals surface area contributed by atoms with Crippen LogP contribution in [-0.4, -0.2) is 22.1 Å². The topological polar surface area (TPSA) is 59.0 Å². The third-order valence-electron chi connectivity index (χ3n) is 3.62. The zero-order chi connectivity index (χ0) is 13.8. The maximum atomic E-state index is 11.7. The summed E-state index contributed by atoms with van der Waals surface area (Å²) >= 11 is 1.64. The number of thiophene rings is 1. The van der Waals surface area contributed by atoms with E-state index in [1.54, 1.807) is 11.3 Å². The molecular formula is C14H18N4OS. The van der Waals surface area contributed by atoms with E-state index in [1.807, 2.05) is 29.2 Å². The molecule has 0 saturated heterocycles. The maximum Gasteiger partial charge on any atom is 0.315 e. The lowest BCUT2D eigenvalue weighted by molar-refractivity contribution is 0.236. The molecule has 3 heterocycles. The number of hydrogen-bond donors (Lipinski definition) is 2. The normalized spacial score (nSPS) is 17.5. The summed E-state index contributed by atoms with van der Waals surface area (Å²) in [5.74, 6) is 1.65. The van der Waals surface area contributed by atoms with Crippen LogP contribution >= 0.6 is 11.3 Å². The van der Waals surface area contributed by atoms with Gasteiger partial charge in [-0.1, -0.05) is 0 Å². The number of hydrogen-bond acceptors (Lipinski definition) is 3. The molecule has 3 rings (SSSR count). The van der Waals surface area contributed by atoms with Crippen molar-refractivity contribution in [2.45, 2.75) is 25.9 Å². The van der Waals surface area contributed by atoms with Gasteiger partial charge in [0.25, 0.3) is 0 Å². The highest BCUT2D eigenvalue weighted by Crippen LogP contribution is 2.17. The minimum absolute atomic E-state index is 0.0902. The monoisotopic (exact) mass is 290 g/mol. The third-order valence-corrected chi connectivity index (χ3v) is 4.35. The SMILES string of the molecule is O=C(NCc1ccsc1)NC[C@H]1CCc2nccn2C1. The van der Waals surface area contributed by atoms with E-state index in [2.05, 4.69) is 20.2 Å². The number of amides is 2. The van der Waals surface area contributed by atoms with Crippen LogP contribution in [0.2, 0.25) is 0 Å². The molecule has 0 saturated carbocycles. The standard InChI is InChI=1S/C14H18N4OS/c19-14(17-8-12-3-6-20-10-12)16-7-11-1-2-13-15-4-5-18(13)9-11/h3-6,10-11H,1-2,7-9H2,(H2,16,17,19)/t11-/m1/s1. The number of rotatable bonds is 4. The highest BCUT2D eigenvalue weighted by molar-refractivity contribution is 7.07. The van der Waals surface area contributed by atoms with Gasteiger partial charge in [-0.15, -0.1) is 0 Å². The molecule has 0 spiro atoms. The van der Waals surface area contributed by atoms with Gasteiger partial charge in [0, 0.05) is 38.4 Å². The van der Waals surface area contributed by atoms with Gasteiger partial charge >= 0.3 is 6.03 Å². The lowest BCUT2D eigenvalue weighted by Crippen LogP contribution is -2.39. The van der Waals surface area contributed by atoms with Gasteiger partial charge in [-0.25, -0.2) is 9.78 Å². The van der Waals surface area contributed by atoms with Crippen LogP contribution in [0.25, 0.3) is 0 Å². The molecule has 1 aliphatic heterocycles. The molecule has 0 aliphatic carbocycles. The van der Waals surface area contributed by atoms with Gasteiger partial charge in [0.15, 0.2) is 0 Å². The first-order valence-corrected chi connectivity index (χ1v) is 7.78. The predicted octanol–water partition coefficient (Wildman–Crippen LogP) is 2.01. The second-order valence-corrected chi connectivity index (χ2v) is 5.88. The van der Waals surface area contributed by atoms with Gasteiger partial charge in [0.1, 0.15) is 5.82 Å². The van der Waals surface area contributed by atoms with E-state index < -0.39 is 0 Å². The molecule has 0 unspecified atom stereocenters. The van der Waals surface area contributed by atoms with Crippen molar-refractivity contribution in [2.24, 2.45) is 5.92 Å². The summed E-state index contributed by atoms with van der Waals surface area (Å²) in [4.78, 5) is 16.0. The number of aryl methyl sites for hydroxylation is 1. The van der Waals surface area contributed by atoms with Crippen LogP contribution < -0.4 is 10.6 Å². The first kappa shape index (κ1) is 13.2. The number of nitrogens with one attached hydrogen (secondary N) is 2. The first-order chi connectivity index (χ1) is 9.81. The average Bonchev–Trinajstić information content (AvgIpc) is 3.13. The average molecular weight is 290 g/mol. The number of carbonyl (C=O) groups is 1. The van der Waals surface area contributed by atoms with Crippen LogP contribution in [0.1, 0.15) is 17.8 Å². The van der Waals surface area contributed by atoms with Crippen molar-refractivity contribution in [3.8, 4) is 0 Å². The first-order valence-electron chi connectivity index (χ1n) is 6.84. The van der Waals surface area contributed by atoms with Crippen LogP contribution in [0.5, 0.6) is 0 Å². The Labute approximate surface area is 122 Å². The number of urea groups is 1. The summed E-state index contributed by atoms with van der Waals surface area (Å²) < 4.78 is 2.18. The van der Waals surface area contributed by atoms with Crippen LogP contribution in [0.4, 0.5) is 4.79 Å². The second-order valence-electron chi connectivity index (χ2n) is 5.10. The van der Waals surface area contributed by atoms with Gasteiger partial charge in [0.2, 0.25) is 0 Å². The van der Waals surface area contributed by atoms with E-state index in [4.69, 9.17) is 0 Å². The van der Waals surface area contributed by atoms with Crippen molar-refractivity contribution in [1.29, 1.82) is 0 Å². The second kappa shape index (κ2) is 6.09. The zero-order valence-corrected chi connectivity index (χ0v) is 12.0. The van der Waals surface area contributed by atoms with E-state index in [0.29, 0.717) is 19.0 Å². The maximum absolute atomic E-state index is 11.7. The highest BCUT2D eigenvalue weighted by Gasteiger charge is 2.19. The minimum atomic E-state index is -0.0902. The van der Waals surface area contributed by atoms with Gasteiger partial charge in [-0.3, -0.25) is 0 Å². The van der Waals surface area contributed by atoms with Gasteiger partial charge in [-0.2, -0.15) is 11.3 Å². The van der Waals surface area contributed by atoms with Crippen molar-refractivity contribution in [3.63, 3.8) is 0 Å². The quantitative estimate of drug-likeness (QED) is 0.905. The lowest BCUT2D eigenvalue weighted by Gasteiger charge is -2.23. The smallest absolute Gasteiger partial charge is 0.315 e. The summed E-state index contributed by atoms with van der Waals surface area (Å²) in [5.41, 5.74) is 1.14. The fourth-order valence-electron chi connectivity index (χ4n) is 2.48. The van der Waals surface area contributed by atoms with Crippen LogP contribution in [0.3, 0.4) is 0 Å². The largest absolute Gasteiger partial charge is 0.338 e. The molecule has 6 heteroatoms. The van der Waals surface area contributed by atoms with Crippen molar-refractivity contribution >= 4 is 17.4 Å². The number of fused-ring (bicyclic) bond motifs is 1. The molecule has 20 heavy (non-hydrogen) atoms. The number of aromatic nitrogens is 2. The molecule has 106 valence electrons. The summed E-state index contributed by atoms with van der Waals surface area (Å²) in [6.45, 7) is 2.25. The van der Waals surface area contributed by atoms with Crippen molar-refractivity contribution in [1.82, 2.24) is 20.2 Å². The fraction of sp³-hybridized carbons (Fsp3) is 0.429. The molecule has 5 nitrogen and oxygen atoms in total. The van der Waals surface area contributed by atoms with E-state index in [1.165, 1.54) is 0 Å². The van der Waals surface area contributed by atoms with E-state index in [9.17, 15) is 4.79 Å². The van der Waals surface area contributed by atoms with Crippen molar-refractivity contribution in [3.05, 3.63) is 40.6 Å². The van der Waals surface area contributed by atoms with E-state index in [0.717, 1.165) is 30.8 Å². The summed E-state index contributed by atoms with van der Waals surface area (Å²) in [6, 6.07) is 1.93. The van der Waals surface area contributed by atoms with Gasteiger partial charge < -0.3 is 15.2 Å². The van der Waals surface area contributed by atoms with E-state index >= 15 is 0 Å². The molecule has 0 fully saturated rings. The van der Waals surface area contributed by atoms with Crippen molar-refractivity contribution in [2.75, 3.05) is 6.54 Å². The van der Waals surface area contributed by atoms with Crippen LogP contribution in [0, 0.1) is 5.92 Å². The number of carbonyl (C=O) groups excluding carboxylic acids is 1. The summed E-state index contributed by atoms with van der Waals surface area (Å²) in [5, 5.41) is 9.89. The Kier molecular flexibility index (Phi) is 4.01. The molecule has 1 atom stereocenters. The Hall–Kier alpha value is -1.82. The molecule has 2 aromatic rings. The Morgan fingerprint density at radius 3 is 3.30 bits per heavy atom. The van der Waals surface area contributed by atoms with Gasteiger partial charge in [-0.05, 0) is 34.7 Å². The number of imidazole rings is 1. The van der Waals surface area contributed by atoms with Crippen LogP contribution in [-0.2, 0) is 19.5 Å². The number of nitrogens with zero attached hydrogens (tertiary/aromatic N) is 2. The molecule has 0 bridgehead atoms. The van der Waals surface area contributed by atoms with Crippen LogP contribution in [0.15, 0.2) is 29.2 Å². The van der Waals surface area contributed by atoms with Crippen molar-refractivity contribution < 1.29 is 4.79 Å². The molecule has 0 radical (unpaired) electrons. The molecule has 2 amide bonds. The van der Waals surface area contributed by atoms with E-state index in [-0.39, 0.29) is 6.03 Å². The zero-order valence-electron chi connectivity index (χ0n) is 11.2. The lowest BCUT2D eigenvalue weighted by atomic mass is 9.99. The summed E-state index contributed by atoms with van der Waals surface area (Å²) in [6.07, 6.45) is 5.94.